The van der Waals surface area contributed by atoms with Gasteiger partial charge in [0.05, 0.1) is 12.2 Å². The van der Waals surface area contributed by atoms with Crippen LogP contribution in [0.3, 0.4) is 0 Å². The summed E-state index contributed by atoms with van der Waals surface area (Å²) in [6.45, 7) is 0.235. The number of nitrogens with two attached hydrogens (primary N) is 1. The summed E-state index contributed by atoms with van der Waals surface area (Å²) < 4.78 is 13.8. The molecule has 4 nitrogen and oxygen atoms in total. The number of nitrogen functional groups attached to an aromatic ring is 1. The lowest BCUT2D eigenvalue weighted by molar-refractivity contribution is 0.0703. The van der Waals surface area contributed by atoms with Crippen LogP contribution in [0, 0.1) is 5.82 Å². The van der Waals surface area contributed by atoms with Gasteiger partial charge in [-0.1, -0.05) is 30.3 Å². The average molecular weight is 288 g/mol. The molecular weight excluding hydrogens is 271 g/mol. The third kappa shape index (κ3) is 3.79. The Kier molecular flexibility index (Phi) is 4.90. The minimum atomic E-state index is -0.620. The third-order valence-corrected chi connectivity index (χ3v) is 3.09. The van der Waals surface area contributed by atoms with E-state index in [1.165, 1.54) is 23.1 Å². The van der Waals surface area contributed by atoms with Gasteiger partial charge >= 0.3 is 0 Å². The number of halogens is 1. The monoisotopic (exact) mass is 288 g/mol. The van der Waals surface area contributed by atoms with Gasteiger partial charge in [0, 0.05) is 18.8 Å². The molecule has 0 spiro atoms. The molecular formula is C16H17FN2O2. The van der Waals surface area contributed by atoms with Crippen LogP contribution in [-0.4, -0.2) is 29.1 Å². The van der Waals surface area contributed by atoms with Crippen LogP contribution in [0.4, 0.5) is 10.1 Å². The van der Waals surface area contributed by atoms with Gasteiger partial charge in [0.2, 0.25) is 0 Å². The summed E-state index contributed by atoms with van der Waals surface area (Å²) in [4.78, 5) is 13.8. The summed E-state index contributed by atoms with van der Waals surface area (Å²) in [5.41, 5.74) is 6.75. The number of aliphatic hydroxyl groups is 1. The first-order valence-electron chi connectivity index (χ1n) is 6.61. The van der Waals surface area contributed by atoms with Crippen LogP contribution in [0.2, 0.25) is 0 Å². The number of benzene rings is 2. The molecule has 2 aromatic carbocycles. The lowest BCUT2D eigenvalue weighted by atomic mass is 10.1. The van der Waals surface area contributed by atoms with E-state index in [1.54, 1.807) is 0 Å². The predicted octanol–water partition coefficient (Wildman–Crippen LogP) is 2.04. The Balaban J connectivity index is 2.25. The van der Waals surface area contributed by atoms with Gasteiger partial charge in [0.25, 0.3) is 5.91 Å². The van der Waals surface area contributed by atoms with Crippen molar-refractivity contribution in [3.63, 3.8) is 0 Å². The third-order valence-electron chi connectivity index (χ3n) is 3.09. The number of rotatable bonds is 5. The molecule has 0 aliphatic heterocycles. The van der Waals surface area contributed by atoms with Crippen molar-refractivity contribution < 1.29 is 14.3 Å². The molecule has 0 saturated carbocycles. The Morgan fingerprint density at radius 2 is 1.90 bits per heavy atom. The standard InChI is InChI=1S/C16H17FN2O2/c17-15-7-6-13(18)10-14(15)16(21)19(8-9-20)11-12-4-2-1-3-5-12/h1-7,10,20H,8-9,11,18H2. The van der Waals surface area contributed by atoms with Crippen molar-refractivity contribution in [2.24, 2.45) is 0 Å². The molecule has 5 heteroatoms. The van der Waals surface area contributed by atoms with Crippen LogP contribution in [-0.2, 0) is 6.54 Å². The lowest BCUT2D eigenvalue weighted by Crippen LogP contribution is -2.33. The van der Waals surface area contributed by atoms with E-state index in [1.807, 2.05) is 30.3 Å². The van der Waals surface area contributed by atoms with Gasteiger partial charge in [0.15, 0.2) is 0 Å². The average Bonchev–Trinajstić information content (AvgIpc) is 2.49. The first-order chi connectivity index (χ1) is 10.1. The lowest BCUT2D eigenvalue weighted by Gasteiger charge is -2.22. The maximum Gasteiger partial charge on any atom is 0.257 e. The van der Waals surface area contributed by atoms with Crippen LogP contribution in [0.5, 0.6) is 0 Å². The van der Waals surface area contributed by atoms with Gasteiger partial charge in [-0.05, 0) is 23.8 Å². The van der Waals surface area contributed by atoms with Crippen molar-refractivity contribution in [2.45, 2.75) is 6.54 Å². The topological polar surface area (TPSA) is 66.6 Å². The molecule has 0 atom stereocenters. The fourth-order valence-electron chi connectivity index (χ4n) is 2.05. The number of nitrogens with zero attached hydrogens (tertiary/aromatic N) is 1. The highest BCUT2D eigenvalue weighted by Crippen LogP contribution is 2.16. The summed E-state index contributed by atoms with van der Waals surface area (Å²) in [6, 6.07) is 13.2. The van der Waals surface area contributed by atoms with Crippen molar-refractivity contribution in [1.29, 1.82) is 0 Å². The number of hydrogen-bond acceptors (Lipinski definition) is 3. The molecule has 2 rings (SSSR count). The summed E-state index contributed by atoms with van der Waals surface area (Å²) in [6.07, 6.45) is 0. The quantitative estimate of drug-likeness (QED) is 0.827. The van der Waals surface area contributed by atoms with Gasteiger partial charge in [-0.2, -0.15) is 0 Å². The van der Waals surface area contributed by atoms with Crippen LogP contribution < -0.4 is 5.73 Å². The van der Waals surface area contributed by atoms with Crippen molar-refractivity contribution in [1.82, 2.24) is 4.90 Å². The zero-order chi connectivity index (χ0) is 15.2. The molecule has 0 saturated heterocycles. The van der Waals surface area contributed by atoms with E-state index in [0.29, 0.717) is 12.2 Å². The fourth-order valence-corrected chi connectivity index (χ4v) is 2.05. The second kappa shape index (κ2) is 6.85. The van der Waals surface area contributed by atoms with Gasteiger partial charge in [-0.3, -0.25) is 4.79 Å². The number of carbonyl (C=O) groups excluding carboxylic acids is 1. The first kappa shape index (κ1) is 15.0. The summed E-state index contributed by atoms with van der Waals surface area (Å²) in [7, 11) is 0. The van der Waals surface area contributed by atoms with E-state index in [-0.39, 0.29) is 18.7 Å². The highest BCUT2D eigenvalue weighted by molar-refractivity contribution is 5.95. The van der Waals surface area contributed by atoms with E-state index < -0.39 is 11.7 Å². The van der Waals surface area contributed by atoms with Crippen LogP contribution in [0.1, 0.15) is 15.9 Å². The number of anilines is 1. The smallest absolute Gasteiger partial charge is 0.257 e. The SMILES string of the molecule is Nc1ccc(F)c(C(=O)N(CCO)Cc2ccccc2)c1. The number of hydrogen-bond donors (Lipinski definition) is 2. The molecule has 0 fully saturated rings. The van der Waals surface area contributed by atoms with E-state index in [0.717, 1.165) is 5.56 Å². The molecule has 3 N–H and O–H groups in total. The highest BCUT2D eigenvalue weighted by atomic mass is 19.1. The Bertz CT molecular complexity index is 617. The summed E-state index contributed by atoms with van der Waals surface area (Å²) in [5.74, 6) is -1.11. The zero-order valence-electron chi connectivity index (χ0n) is 11.5. The molecule has 1 amide bonds. The fraction of sp³-hybridized carbons (Fsp3) is 0.188. The molecule has 110 valence electrons. The second-order valence-corrected chi connectivity index (χ2v) is 4.68. The van der Waals surface area contributed by atoms with Crippen molar-refractivity contribution in [2.75, 3.05) is 18.9 Å². The molecule has 0 bridgehead atoms. The number of amides is 1. The van der Waals surface area contributed by atoms with E-state index >= 15 is 0 Å². The van der Waals surface area contributed by atoms with E-state index in [2.05, 4.69) is 0 Å². The molecule has 2 aromatic rings. The number of aliphatic hydroxyl groups excluding tert-OH is 1. The molecule has 0 radical (unpaired) electrons. The Morgan fingerprint density at radius 3 is 2.57 bits per heavy atom. The van der Waals surface area contributed by atoms with Crippen LogP contribution >= 0.6 is 0 Å². The maximum atomic E-state index is 13.8. The maximum absolute atomic E-state index is 13.8. The highest BCUT2D eigenvalue weighted by Gasteiger charge is 2.19. The van der Waals surface area contributed by atoms with Gasteiger partial charge in [-0.25, -0.2) is 4.39 Å². The number of carbonyl (C=O) groups is 1. The zero-order valence-corrected chi connectivity index (χ0v) is 11.5. The second-order valence-electron chi connectivity index (χ2n) is 4.68. The minimum Gasteiger partial charge on any atom is -0.399 e. The molecule has 0 aliphatic rings. The molecule has 0 unspecified atom stereocenters. The van der Waals surface area contributed by atoms with Crippen molar-refractivity contribution in [3.05, 3.63) is 65.5 Å². The Labute approximate surface area is 122 Å². The Morgan fingerprint density at radius 1 is 1.19 bits per heavy atom. The molecule has 21 heavy (non-hydrogen) atoms. The van der Waals surface area contributed by atoms with E-state index in [9.17, 15) is 9.18 Å². The van der Waals surface area contributed by atoms with Crippen molar-refractivity contribution >= 4 is 11.6 Å². The molecule has 0 heterocycles. The minimum absolute atomic E-state index is 0.0839. The van der Waals surface area contributed by atoms with Gasteiger partial charge < -0.3 is 15.7 Å². The van der Waals surface area contributed by atoms with Gasteiger partial charge in [0.1, 0.15) is 5.82 Å². The van der Waals surface area contributed by atoms with Gasteiger partial charge in [-0.15, -0.1) is 0 Å². The predicted molar refractivity (Wildman–Crippen MR) is 79.1 cm³/mol. The van der Waals surface area contributed by atoms with Crippen LogP contribution in [0.15, 0.2) is 48.5 Å². The molecule has 0 aliphatic carbocycles. The first-order valence-corrected chi connectivity index (χ1v) is 6.61. The van der Waals surface area contributed by atoms with Crippen LogP contribution in [0.25, 0.3) is 0 Å². The summed E-state index contributed by atoms with van der Waals surface area (Å²) in [5, 5.41) is 9.12. The normalized spacial score (nSPS) is 10.4. The summed E-state index contributed by atoms with van der Waals surface area (Å²) >= 11 is 0. The van der Waals surface area contributed by atoms with Crippen molar-refractivity contribution in [3.8, 4) is 0 Å². The largest absolute Gasteiger partial charge is 0.399 e. The van der Waals surface area contributed by atoms with E-state index in [4.69, 9.17) is 10.8 Å². The molecule has 0 aromatic heterocycles. The Hall–Kier alpha value is -2.40.